The van der Waals surface area contributed by atoms with E-state index in [-0.39, 0.29) is 5.41 Å². The van der Waals surface area contributed by atoms with E-state index < -0.39 is 0 Å². The minimum Gasteiger partial charge on any atom is -0.385 e. The van der Waals surface area contributed by atoms with Gasteiger partial charge in [-0.25, -0.2) is 0 Å². The van der Waals surface area contributed by atoms with Crippen molar-refractivity contribution in [2.75, 3.05) is 11.9 Å². The Hall–Kier alpha value is -1.20. The van der Waals surface area contributed by atoms with Crippen molar-refractivity contribution in [3.05, 3.63) is 29.3 Å². The zero-order chi connectivity index (χ0) is 12.0. The second-order valence-electron chi connectivity index (χ2n) is 4.68. The molecule has 0 unspecified atom stereocenters. The molecule has 1 rings (SSSR count). The Bertz CT molecular complexity index is 363. The van der Waals surface area contributed by atoms with Crippen LogP contribution in [0.2, 0.25) is 5.02 Å². The maximum absolute atomic E-state index is 8.56. The van der Waals surface area contributed by atoms with Gasteiger partial charge in [0.1, 0.15) is 0 Å². The van der Waals surface area contributed by atoms with E-state index in [1.54, 1.807) is 0 Å². The summed E-state index contributed by atoms with van der Waals surface area (Å²) in [6.45, 7) is 5.18. The second-order valence-corrected chi connectivity index (χ2v) is 5.12. The molecule has 1 aromatic carbocycles. The van der Waals surface area contributed by atoms with Crippen LogP contribution in [0.25, 0.3) is 0 Å². The van der Waals surface area contributed by atoms with Gasteiger partial charge in [0.25, 0.3) is 0 Å². The summed E-state index contributed by atoms with van der Waals surface area (Å²) in [6.07, 6.45) is 1.51. The molecule has 0 spiro atoms. The number of nitrogens with one attached hydrogen (secondary N) is 1. The quantitative estimate of drug-likeness (QED) is 0.836. The van der Waals surface area contributed by atoms with Crippen LogP contribution in [0.1, 0.15) is 26.7 Å². The normalized spacial score (nSPS) is 10.9. The number of nitriles is 1. The second kappa shape index (κ2) is 5.77. The molecule has 0 aromatic heterocycles. The first-order valence-electron chi connectivity index (χ1n) is 5.40. The molecule has 0 saturated carbocycles. The Kier molecular flexibility index (Phi) is 4.64. The summed E-state index contributed by atoms with van der Waals surface area (Å²) in [5, 5.41) is 12.7. The number of nitrogens with zero attached hydrogens (tertiary/aromatic N) is 1. The number of anilines is 1. The molecule has 0 aliphatic rings. The summed E-state index contributed by atoms with van der Waals surface area (Å²) in [6, 6.07) is 9.84. The Morgan fingerprint density at radius 3 is 2.50 bits per heavy atom. The van der Waals surface area contributed by atoms with Gasteiger partial charge in [0.2, 0.25) is 0 Å². The summed E-state index contributed by atoms with van der Waals surface area (Å²) in [7, 11) is 0. The van der Waals surface area contributed by atoms with Gasteiger partial charge in [0.15, 0.2) is 0 Å². The molecule has 3 heteroatoms. The van der Waals surface area contributed by atoms with Gasteiger partial charge in [-0.3, -0.25) is 0 Å². The zero-order valence-electron chi connectivity index (χ0n) is 9.76. The fourth-order valence-corrected chi connectivity index (χ4v) is 1.52. The standard InChI is InChI=1S/C13H17ClN2/c1-13(2,8-3-9-15)10-16-12-6-4-11(14)5-7-12/h4-7,16H,3,8,10H2,1-2H3. The van der Waals surface area contributed by atoms with E-state index in [4.69, 9.17) is 16.9 Å². The van der Waals surface area contributed by atoms with Gasteiger partial charge >= 0.3 is 0 Å². The zero-order valence-corrected chi connectivity index (χ0v) is 10.5. The van der Waals surface area contributed by atoms with Gasteiger partial charge in [-0.05, 0) is 36.1 Å². The molecule has 1 aromatic rings. The van der Waals surface area contributed by atoms with E-state index in [0.717, 1.165) is 23.7 Å². The average Bonchev–Trinajstić information content (AvgIpc) is 2.26. The van der Waals surface area contributed by atoms with Crippen molar-refractivity contribution in [3.8, 4) is 6.07 Å². The van der Waals surface area contributed by atoms with Gasteiger partial charge in [-0.2, -0.15) is 5.26 Å². The largest absolute Gasteiger partial charge is 0.385 e. The Morgan fingerprint density at radius 1 is 1.31 bits per heavy atom. The smallest absolute Gasteiger partial charge is 0.0621 e. The fraction of sp³-hybridized carbons (Fsp3) is 0.462. The minimum atomic E-state index is 0.134. The predicted molar refractivity (Wildman–Crippen MR) is 68.6 cm³/mol. The average molecular weight is 237 g/mol. The summed E-state index contributed by atoms with van der Waals surface area (Å²) < 4.78 is 0. The summed E-state index contributed by atoms with van der Waals surface area (Å²) in [4.78, 5) is 0. The molecule has 0 aliphatic heterocycles. The van der Waals surface area contributed by atoms with E-state index >= 15 is 0 Å². The van der Waals surface area contributed by atoms with E-state index in [2.05, 4.69) is 25.2 Å². The highest BCUT2D eigenvalue weighted by Crippen LogP contribution is 2.23. The van der Waals surface area contributed by atoms with Crippen LogP contribution in [0.4, 0.5) is 5.69 Å². The molecule has 0 atom stereocenters. The maximum Gasteiger partial charge on any atom is 0.0621 e. The minimum absolute atomic E-state index is 0.134. The van der Waals surface area contributed by atoms with Crippen LogP contribution < -0.4 is 5.32 Å². The third-order valence-electron chi connectivity index (χ3n) is 2.53. The van der Waals surface area contributed by atoms with Crippen LogP contribution in [0.3, 0.4) is 0 Å². The van der Waals surface area contributed by atoms with E-state index in [0.29, 0.717) is 6.42 Å². The predicted octanol–water partition coefficient (Wildman–Crippen LogP) is 4.08. The number of rotatable bonds is 5. The van der Waals surface area contributed by atoms with Gasteiger partial charge in [-0.1, -0.05) is 25.4 Å². The van der Waals surface area contributed by atoms with Crippen molar-refractivity contribution in [3.63, 3.8) is 0 Å². The van der Waals surface area contributed by atoms with Crippen LogP contribution in [0, 0.1) is 16.7 Å². The molecule has 86 valence electrons. The Morgan fingerprint density at radius 2 is 1.94 bits per heavy atom. The molecule has 0 fully saturated rings. The first-order valence-corrected chi connectivity index (χ1v) is 5.78. The van der Waals surface area contributed by atoms with E-state index in [1.807, 2.05) is 24.3 Å². The SMILES string of the molecule is CC(C)(CCC#N)CNc1ccc(Cl)cc1. The molecule has 1 N–H and O–H groups in total. The molecular formula is C13H17ClN2. The molecular weight excluding hydrogens is 220 g/mol. The lowest BCUT2D eigenvalue weighted by Gasteiger charge is -2.24. The van der Waals surface area contributed by atoms with Crippen molar-refractivity contribution in [2.45, 2.75) is 26.7 Å². The molecule has 0 amide bonds. The third-order valence-corrected chi connectivity index (χ3v) is 2.78. The molecule has 0 heterocycles. The fourth-order valence-electron chi connectivity index (χ4n) is 1.39. The van der Waals surface area contributed by atoms with Crippen molar-refractivity contribution in [2.24, 2.45) is 5.41 Å². The highest BCUT2D eigenvalue weighted by Gasteiger charge is 2.16. The summed E-state index contributed by atoms with van der Waals surface area (Å²) >= 11 is 5.81. The lowest BCUT2D eigenvalue weighted by atomic mass is 9.88. The summed E-state index contributed by atoms with van der Waals surface area (Å²) in [5.41, 5.74) is 1.20. The van der Waals surface area contributed by atoms with Crippen molar-refractivity contribution in [1.82, 2.24) is 0 Å². The molecule has 0 saturated heterocycles. The number of hydrogen-bond acceptors (Lipinski definition) is 2. The highest BCUT2D eigenvalue weighted by atomic mass is 35.5. The summed E-state index contributed by atoms with van der Waals surface area (Å²) in [5.74, 6) is 0. The van der Waals surface area contributed by atoms with E-state index in [9.17, 15) is 0 Å². The van der Waals surface area contributed by atoms with Crippen LogP contribution in [0.5, 0.6) is 0 Å². The van der Waals surface area contributed by atoms with Gasteiger partial charge < -0.3 is 5.32 Å². The van der Waals surface area contributed by atoms with Crippen molar-refractivity contribution in [1.29, 1.82) is 5.26 Å². The number of halogens is 1. The first-order chi connectivity index (χ1) is 7.53. The molecule has 0 radical (unpaired) electrons. The van der Waals surface area contributed by atoms with Gasteiger partial charge in [-0.15, -0.1) is 0 Å². The Labute approximate surface area is 102 Å². The van der Waals surface area contributed by atoms with Crippen LogP contribution >= 0.6 is 11.6 Å². The third kappa shape index (κ3) is 4.55. The maximum atomic E-state index is 8.56. The molecule has 2 nitrogen and oxygen atoms in total. The van der Waals surface area contributed by atoms with Crippen LogP contribution in [-0.2, 0) is 0 Å². The lowest BCUT2D eigenvalue weighted by molar-refractivity contribution is 0.364. The monoisotopic (exact) mass is 236 g/mol. The number of hydrogen-bond donors (Lipinski definition) is 1. The van der Waals surface area contributed by atoms with Crippen molar-refractivity contribution < 1.29 is 0 Å². The van der Waals surface area contributed by atoms with E-state index in [1.165, 1.54) is 0 Å². The Balaban J connectivity index is 2.45. The first kappa shape index (κ1) is 12.9. The molecule has 0 aliphatic carbocycles. The van der Waals surface area contributed by atoms with Gasteiger partial charge in [0.05, 0.1) is 6.07 Å². The molecule has 16 heavy (non-hydrogen) atoms. The van der Waals surface area contributed by atoms with Crippen LogP contribution in [0.15, 0.2) is 24.3 Å². The number of benzene rings is 1. The highest BCUT2D eigenvalue weighted by molar-refractivity contribution is 6.30. The lowest BCUT2D eigenvalue weighted by Crippen LogP contribution is -2.22. The van der Waals surface area contributed by atoms with Gasteiger partial charge in [0, 0.05) is 23.7 Å². The topological polar surface area (TPSA) is 35.8 Å². The van der Waals surface area contributed by atoms with Crippen molar-refractivity contribution >= 4 is 17.3 Å². The molecule has 0 bridgehead atoms. The van der Waals surface area contributed by atoms with Crippen LogP contribution in [-0.4, -0.2) is 6.54 Å².